The van der Waals surface area contributed by atoms with Gasteiger partial charge < -0.3 is 4.74 Å². The first-order chi connectivity index (χ1) is 17.5. The van der Waals surface area contributed by atoms with Gasteiger partial charge in [0.15, 0.2) is 5.82 Å². The number of hydrogen-bond acceptors (Lipinski definition) is 4. The number of para-hydroxylation sites is 1. The maximum absolute atomic E-state index is 13.3. The molecule has 5 rings (SSSR count). The van der Waals surface area contributed by atoms with Crippen molar-refractivity contribution in [3.63, 3.8) is 0 Å². The molecule has 0 unspecified atom stereocenters. The van der Waals surface area contributed by atoms with Crippen LogP contribution in [-0.4, -0.2) is 15.9 Å². The molecule has 0 bridgehead atoms. The van der Waals surface area contributed by atoms with E-state index in [0.717, 1.165) is 30.1 Å². The lowest BCUT2D eigenvalue weighted by Gasteiger charge is -2.11. The van der Waals surface area contributed by atoms with Crippen LogP contribution in [0.3, 0.4) is 0 Å². The zero-order valence-electron chi connectivity index (χ0n) is 18.7. The second-order valence-corrected chi connectivity index (χ2v) is 10.5. The van der Waals surface area contributed by atoms with E-state index >= 15 is 0 Å². The van der Waals surface area contributed by atoms with Crippen molar-refractivity contribution in [2.75, 3.05) is 0 Å². The molecule has 0 saturated carbocycles. The predicted octanol–water partition coefficient (Wildman–Crippen LogP) is 7.81. The lowest BCUT2D eigenvalue weighted by Crippen LogP contribution is -2.20. The van der Waals surface area contributed by atoms with Crippen LogP contribution in [-0.2, 0) is 6.61 Å². The van der Waals surface area contributed by atoms with Gasteiger partial charge in [0.1, 0.15) is 12.4 Å². The van der Waals surface area contributed by atoms with Crippen molar-refractivity contribution in [3.8, 4) is 17.1 Å². The van der Waals surface area contributed by atoms with Gasteiger partial charge in [-0.2, -0.15) is 9.78 Å². The molecule has 1 aromatic heterocycles. The van der Waals surface area contributed by atoms with Crippen LogP contribution in [0.4, 0.5) is 0 Å². The summed E-state index contributed by atoms with van der Waals surface area (Å²) in [5, 5.41) is 5.04. The fourth-order valence-electron chi connectivity index (χ4n) is 3.64. The van der Waals surface area contributed by atoms with E-state index in [-0.39, 0.29) is 5.56 Å². The van der Waals surface area contributed by atoms with Crippen LogP contribution in [0, 0.1) is 0 Å². The first-order valence-electron chi connectivity index (χ1n) is 11.0. The van der Waals surface area contributed by atoms with Crippen LogP contribution >= 0.6 is 47.8 Å². The summed E-state index contributed by atoms with van der Waals surface area (Å²) < 4.78 is 10.1. The van der Waals surface area contributed by atoms with Gasteiger partial charge in [0.05, 0.1) is 21.6 Å². The summed E-state index contributed by atoms with van der Waals surface area (Å²) in [5.74, 6) is 1.19. The van der Waals surface area contributed by atoms with Gasteiger partial charge in [-0.15, -0.1) is 0 Å². The largest absolute Gasteiger partial charge is 0.488 e. The Morgan fingerprint density at radius 1 is 0.861 bits per heavy atom. The fraction of sp³-hybridized carbons (Fsp3) is 0.0357. The zero-order chi connectivity index (χ0) is 25.1. The predicted molar refractivity (Wildman–Crippen MR) is 155 cm³/mol. The normalized spacial score (nSPS) is 11.3. The SMILES string of the molecule is O=c1c2ccccc2nc(-c2ccccc2)n1N=Cc1ccc(OCc2ccc(Br)cc2Br)c(Br)c1. The number of benzene rings is 4. The van der Waals surface area contributed by atoms with Gasteiger partial charge in [0.2, 0.25) is 0 Å². The van der Waals surface area contributed by atoms with Crippen molar-refractivity contribution in [2.45, 2.75) is 6.61 Å². The van der Waals surface area contributed by atoms with E-state index in [0.29, 0.717) is 29.1 Å². The molecule has 36 heavy (non-hydrogen) atoms. The highest BCUT2D eigenvalue weighted by molar-refractivity contribution is 9.11. The highest BCUT2D eigenvalue weighted by Crippen LogP contribution is 2.28. The number of nitrogens with zero attached hydrogens (tertiary/aromatic N) is 3. The van der Waals surface area contributed by atoms with Gasteiger partial charge in [0.25, 0.3) is 5.56 Å². The summed E-state index contributed by atoms with van der Waals surface area (Å²) in [6, 6.07) is 28.5. The summed E-state index contributed by atoms with van der Waals surface area (Å²) >= 11 is 10.6. The minimum absolute atomic E-state index is 0.227. The van der Waals surface area contributed by atoms with Gasteiger partial charge >= 0.3 is 0 Å². The summed E-state index contributed by atoms with van der Waals surface area (Å²) in [6.45, 7) is 0.415. The monoisotopic (exact) mass is 665 g/mol. The Morgan fingerprint density at radius 3 is 2.42 bits per heavy atom. The van der Waals surface area contributed by atoms with Gasteiger partial charge in [-0.1, -0.05) is 80.4 Å². The molecule has 0 aliphatic rings. The zero-order valence-corrected chi connectivity index (χ0v) is 23.5. The Balaban J connectivity index is 1.45. The minimum Gasteiger partial charge on any atom is -0.488 e. The van der Waals surface area contributed by atoms with E-state index in [9.17, 15) is 4.79 Å². The third-order valence-corrected chi connectivity index (χ3v) is 7.31. The van der Waals surface area contributed by atoms with Crippen molar-refractivity contribution >= 4 is 64.9 Å². The summed E-state index contributed by atoms with van der Waals surface area (Å²) in [7, 11) is 0. The Morgan fingerprint density at radius 2 is 1.64 bits per heavy atom. The number of aromatic nitrogens is 2. The quantitative estimate of drug-likeness (QED) is 0.174. The molecule has 0 aliphatic carbocycles. The summed E-state index contributed by atoms with van der Waals surface area (Å²) in [6.07, 6.45) is 1.64. The Hall–Kier alpha value is -3.07. The molecule has 0 spiro atoms. The molecule has 5 aromatic rings. The number of halogens is 3. The van der Waals surface area contributed by atoms with Crippen LogP contribution in [0.15, 0.2) is 114 Å². The fourth-order valence-corrected chi connectivity index (χ4v) is 5.31. The third kappa shape index (κ3) is 5.36. The molecule has 5 nitrogen and oxygen atoms in total. The van der Waals surface area contributed by atoms with Crippen molar-refractivity contribution in [1.82, 2.24) is 9.66 Å². The number of ether oxygens (including phenoxy) is 1. The van der Waals surface area contributed by atoms with Gasteiger partial charge in [-0.05, 0) is 64.0 Å². The minimum atomic E-state index is -0.227. The molecule has 0 atom stereocenters. The Kier molecular flexibility index (Phi) is 7.46. The first kappa shape index (κ1) is 24.6. The highest BCUT2D eigenvalue weighted by atomic mass is 79.9. The smallest absolute Gasteiger partial charge is 0.282 e. The van der Waals surface area contributed by atoms with E-state index in [1.807, 2.05) is 84.9 Å². The molecule has 0 saturated heterocycles. The summed E-state index contributed by atoms with van der Waals surface area (Å²) in [5.41, 5.74) is 3.05. The molecule has 1 heterocycles. The molecule has 4 aromatic carbocycles. The third-order valence-electron chi connectivity index (χ3n) is 5.46. The van der Waals surface area contributed by atoms with Gasteiger partial charge in [-0.3, -0.25) is 4.79 Å². The van der Waals surface area contributed by atoms with Crippen molar-refractivity contribution in [1.29, 1.82) is 0 Å². The van der Waals surface area contributed by atoms with Crippen molar-refractivity contribution in [3.05, 3.63) is 126 Å². The van der Waals surface area contributed by atoms with Crippen LogP contribution in [0.2, 0.25) is 0 Å². The number of rotatable bonds is 6. The molecule has 0 fully saturated rings. The van der Waals surface area contributed by atoms with E-state index in [2.05, 4.69) is 52.9 Å². The Labute approximate surface area is 232 Å². The van der Waals surface area contributed by atoms with E-state index in [1.165, 1.54) is 4.68 Å². The van der Waals surface area contributed by atoms with E-state index < -0.39 is 0 Å². The lowest BCUT2D eigenvalue weighted by atomic mass is 10.2. The van der Waals surface area contributed by atoms with Crippen LogP contribution < -0.4 is 10.3 Å². The first-order valence-corrected chi connectivity index (χ1v) is 13.4. The maximum Gasteiger partial charge on any atom is 0.282 e. The molecule has 0 radical (unpaired) electrons. The molecular formula is C28H18Br3N3O2. The second-order valence-electron chi connectivity index (χ2n) is 7.89. The van der Waals surface area contributed by atoms with E-state index in [1.54, 1.807) is 12.3 Å². The molecule has 0 amide bonds. The summed E-state index contributed by atoms with van der Waals surface area (Å²) in [4.78, 5) is 18.0. The van der Waals surface area contributed by atoms with Crippen LogP contribution in [0.5, 0.6) is 5.75 Å². The molecular weight excluding hydrogens is 650 g/mol. The van der Waals surface area contributed by atoms with E-state index in [4.69, 9.17) is 9.72 Å². The molecule has 0 N–H and O–H groups in total. The Bertz CT molecular complexity index is 1650. The van der Waals surface area contributed by atoms with Gasteiger partial charge in [0, 0.05) is 20.1 Å². The van der Waals surface area contributed by atoms with Crippen LogP contribution in [0.25, 0.3) is 22.3 Å². The average molecular weight is 668 g/mol. The number of hydrogen-bond donors (Lipinski definition) is 0. The number of fused-ring (bicyclic) bond motifs is 1. The molecule has 0 aliphatic heterocycles. The second kappa shape index (κ2) is 10.9. The highest BCUT2D eigenvalue weighted by Gasteiger charge is 2.12. The topological polar surface area (TPSA) is 56.5 Å². The van der Waals surface area contributed by atoms with Gasteiger partial charge in [-0.25, -0.2) is 4.98 Å². The molecule has 178 valence electrons. The van der Waals surface area contributed by atoms with Crippen molar-refractivity contribution < 1.29 is 4.74 Å². The lowest BCUT2D eigenvalue weighted by molar-refractivity contribution is 0.303. The van der Waals surface area contributed by atoms with Crippen molar-refractivity contribution in [2.24, 2.45) is 5.10 Å². The standard InChI is InChI=1S/C28H18Br3N3O2/c29-21-12-11-20(23(30)15-21)17-36-26-13-10-18(14-24(26)31)16-32-34-27(19-6-2-1-3-7-19)33-25-9-5-4-8-22(25)28(34)35/h1-16H,17H2. The average Bonchev–Trinajstić information content (AvgIpc) is 2.89. The molecule has 8 heteroatoms. The maximum atomic E-state index is 13.3. The van der Waals surface area contributed by atoms with Crippen LogP contribution in [0.1, 0.15) is 11.1 Å².